The van der Waals surface area contributed by atoms with Crippen molar-refractivity contribution >= 4 is 5.97 Å². The lowest BCUT2D eigenvalue weighted by Crippen LogP contribution is -2.26. The van der Waals surface area contributed by atoms with Crippen LogP contribution in [0.15, 0.2) is 0 Å². The van der Waals surface area contributed by atoms with Gasteiger partial charge in [-0.1, -0.05) is 38.5 Å². The van der Waals surface area contributed by atoms with E-state index in [0.717, 1.165) is 18.8 Å². The van der Waals surface area contributed by atoms with E-state index in [2.05, 4.69) is 0 Å². The molecule has 1 aliphatic carbocycles. The van der Waals surface area contributed by atoms with Crippen LogP contribution in [0.2, 0.25) is 0 Å². The maximum absolute atomic E-state index is 11.4. The zero-order valence-corrected chi connectivity index (χ0v) is 12.5. The molecule has 4 heteroatoms. The van der Waals surface area contributed by atoms with E-state index in [0.29, 0.717) is 19.3 Å². The lowest BCUT2D eigenvalue weighted by molar-refractivity contribution is -0.144. The van der Waals surface area contributed by atoms with Gasteiger partial charge in [-0.25, -0.2) is 0 Å². The maximum atomic E-state index is 11.4. The van der Waals surface area contributed by atoms with Gasteiger partial charge in [0, 0.05) is 13.2 Å². The number of aliphatic hydroxyl groups excluding tert-OH is 2. The summed E-state index contributed by atoms with van der Waals surface area (Å²) in [5, 5.41) is 27.5. The molecule has 0 saturated heterocycles. The summed E-state index contributed by atoms with van der Waals surface area (Å²) < 4.78 is 0. The van der Waals surface area contributed by atoms with Crippen LogP contribution in [0.3, 0.4) is 0 Å². The van der Waals surface area contributed by atoms with Gasteiger partial charge in [0.2, 0.25) is 0 Å². The Kier molecular flexibility index (Phi) is 8.86. The fourth-order valence-corrected chi connectivity index (χ4v) is 3.51. The first-order valence-corrected chi connectivity index (χ1v) is 8.13. The molecule has 4 nitrogen and oxygen atoms in total. The standard InChI is InChI=1S/C16H30O4/c17-11-4-7-15(16(19)20)14(10-12-18)9-8-13-5-2-1-3-6-13/h13-15,17-18H,1-12H2,(H,19,20). The quantitative estimate of drug-likeness (QED) is 0.577. The molecule has 0 aliphatic heterocycles. The number of carbonyl (C=O) groups is 1. The van der Waals surface area contributed by atoms with Gasteiger partial charge in [-0.15, -0.1) is 0 Å². The average Bonchev–Trinajstić information content (AvgIpc) is 2.45. The molecule has 3 N–H and O–H groups in total. The van der Waals surface area contributed by atoms with Gasteiger partial charge >= 0.3 is 5.97 Å². The van der Waals surface area contributed by atoms with E-state index in [1.54, 1.807) is 0 Å². The molecule has 20 heavy (non-hydrogen) atoms. The zero-order chi connectivity index (χ0) is 14.8. The minimum absolute atomic E-state index is 0.0399. The van der Waals surface area contributed by atoms with Crippen molar-refractivity contribution in [2.75, 3.05) is 13.2 Å². The Labute approximate surface area is 122 Å². The largest absolute Gasteiger partial charge is 0.481 e. The molecule has 1 saturated carbocycles. The van der Waals surface area contributed by atoms with Gasteiger partial charge in [-0.05, 0) is 37.5 Å². The summed E-state index contributed by atoms with van der Waals surface area (Å²) in [7, 11) is 0. The van der Waals surface area contributed by atoms with Crippen molar-refractivity contribution < 1.29 is 20.1 Å². The SMILES string of the molecule is O=C(O)C(CCCO)C(CCO)CCC1CCCCC1. The molecule has 0 heterocycles. The average molecular weight is 286 g/mol. The van der Waals surface area contributed by atoms with Crippen LogP contribution in [-0.2, 0) is 4.79 Å². The predicted molar refractivity (Wildman–Crippen MR) is 78.4 cm³/mol. The van der Waals surface area contributed by atoms with Crippen molar-refractivity contribution in [3.8, 4) is 0 Å². The Morgan fingerprint density at radius 1 is 1.00 bits per heavy atom. The summed E-state index contributed by atoms with van der Waals surface area (Å²) >= 11 is 0. The summed E-state index contributed by atoms with van der Waals surface area (Å²) in [4.78, 5) is 11.4. The fourth-order valence-electron chi connectivity index (χ4n) is 3.51. The van der Waals surface area contributed by atoms with Crippen LogP contribution in [0, 0.1) is 17.8 Å². The van der Waals surface area contributed by atoms with E-state index >= 15 is 0 Å². The topological polar surface area (TPSA) is 77.8 Å². The number of carboxylic acids is 1. The van der Waals surface area contributed by atoms with E-state index in [-0.39, 0.29) is 19.1 Å². The van der Waals surface area contributed by atoms with Gasteiger partial charge in [0.15, 0.2) is 0 Å². The first-order chi connectivity index (χ1) is 9.69. The van der Waals surface area contributed by atoms with Crippen LogP contribution in [0.4, 0.5) is 0 Å². The minimum Gasteiger partial charge on any atom is -0.481 e. The summed E-state index contributed by atoms with van der Waals surface area (Å²) in [6.07, 6.45) is 10.1. The van der Waals surface area contributed by atoms with E-state index in [1.807, 2.05) is 0 Å². The first kappa shape index (κ1) is 17.4. The fraction of sp³-hybridized carbons (Fsp3) is 0.938. The van der Waals surface area contributed by atoms with Crippen molar-refractivity contribution in [3.63, 3.8) is 0 Å². The number of hydrogen-bond acceptors (Lipinski definition) is 3. The zero-order valence-electron chi connectivity index (χ0n) is 12.5. The Morgan fingerprint density at radius 2 is 1.70 bits per heavy atom. The van der Waals surface area contributed by atoms with Crippen molar-refractivity contribution in [2.24, 2.45) is 17.8 Å². The van der Waals surface area contributed by atoms with Gasteiger partial charge in [0.1, 0.15) is 0 Å². The molecular formula is C16H30O4. The third kappa shape index (κ3) is 6.23. The van der Waals surface area contributed by atoms with Gasteiger partial charge in [-0.3, -0.25) is 4.79 Å². The van der Waals surface area contributed by atoms with Crippen molar-refractivity contribution in [3.05, 3.63) is 0 Å². The van der Waals surface area contributed by atoms with E-state index in [1.165, 1.54) is 32.1 Å². The Morgan fingerprint density at radius 3 is 2.25 bits per heavy atom. The summed E-state index contributed by atoms with van der Waals surface area (Å²) in [6.45, 7) is 0.0937. The monoisotopic (exact) mass is 286 g/mol. The molecule has 0 spiro atoms. The van der Waals surface area contributed by atoms with Gasteiger partial charge in [0.25, 0.3) is 0 Å². The van der Waals surface area contributed by atoms with E-state index in [9.17, 15) is 15.0 Å². The number of carboxylic acid groups (broad SMARTS) is 1. The molecular weight excluding hydrogens is 256 g/mol. The van der Waals surface area contributed by atoms with Crippen LogP contribution < -0.4 is 0 Å². The number of aliphatic carboxylic acids is 1. The summed E-state index contributed by atoms with van der Waals surface area (Å²) in [5.41, 5.74) is 0. The van der Waals surface area contributed by atoms with E-state index in [4.69, 9.17) is 5.11 Å². The van der Waals surface area contributed by atoms with Crippen LogP contribution in [0.5, 0.6) is 0 Å². The van der Waals surface area contributed by atoms with E-state index < -0.39 is 11.9 Å². The first-order valence-electron chi connectivity index (χ1n) is 8.13. The second-order valence-corrected chi connectivity index (χ2v) is 6.16. The number of hydrogen-bond donors (Lipinski definition) is 3. The lowest BCUT2D eigenvalue weighted by atomic mass is 9.78. The summed E-state index contributed by atoms with van der Waals surface area (Å²) in [6, 6.07) is 0. The Bertz CT molecular complexity index is 261. The highest BCUT2D eigenvalue weighted by atomic mass is 16.4. The summed E-state index contributed by atoms with van der Waals surface area (Å²) in [5.74, 6) is -0.401. The van der Waals surface area contributed by atoms with Crippen LogP contribution in [0.25, 0.3) is 0 Å². The van der Waals surface area contributed by atoms with Gasteiger partial charge < -0.3 is 15.3 Å². The highest BCUT2D eigenvalue weighted by Gasteiger charge is 2.28. The molecule has 0 aromatic rings. The Balaban J connectivity index is 2.48. The van der Waals surface area contributed by atoms with Crippen molar-refractivity contribution in [1.29, 1.82) is 0 Å². The van der Waals surface area contributed by atoms with Crippen LogP contribution in [-0.4, -0.2) is 34.5 Å². The minimum atomic E-state index is -0.777. The number of rotatable bonds is 10. The van der Waals surface area contributed by atoms with Crippen LogP contribution in [0.1, 0.15) is 64.2 Å². The molecule has 1 aliphatic rings. The van der Waals surface area contributed by atoms with Crippen LogP contribution >= 0.6 is 0 Å². The van der Waals surface area contributed by atoms with Crippen molar-refractivity contribution in [2.45, 2.75) is 64.2 Å². The molecule has 1 rings (SSSR count). The highest BCUT2D eigenvalue weighted by Crippen LogP contribution is 2.32. The smallest absolute Gasteiger partial charge is 0.306 e. The highest BCUT2D eigenvalue weighted by molar-refractivity contribution is 5.70. The molecule has 0 amide bonds. The Hall–Kier alpha value is -0.610. The second kappa shape index (κ2) is 10.2. The molecule has 0 aromatic carbocycles. The molecule has 0 aromatic heterocycles. The molecule has 118 valence electrons. The third-order valence-corrected chi connectivity index (χ3v) is 4.73. The normalized spacial score (nSPS) is 19.7. The van der Waals surface area contributed by atoms with Gasteiger partial charge in [0.05, 0.1) is 5.92 Å². The second-order valence-electron chi connectivity index (χ2n) is 6.16. The molecule has 0 bridgehead atoms. The molecule has 2 unspecified atom stereocenters. The predicted octanol–water partition coefficient (Wildman–Crippen LogP) is 2.82. The molecule has 0 radical (unpaired) electrons. The van der Waals surface area contributed by atoms with Gasteiger partial charge in [-0.2, -0.15) is 0 Å². The molecule has 2 atom stereocenters. The number of aliphatic hydroxyl groups is 2. The lowest BCUT2D eigenvalue weighted by Gasteiger charge is -2.27. The van der Waals surface area contributed by atoms with Crippen molar-refractivity contribution in [1.82, 2.24) is 0 Å². The maximum Gasteiger partial charge on any atom is 0.306 e. The molecule has 1 fully saturated rings. The third-order valence-electron chi connectivity index (χ3n) is 4.73.